The van der Waals surface area contributed by atoms with E-state index in [-0.39, 0.29) is 5.65 Å². The Morgan fingerprint density at radius 3 is 2.52 bits per heavy atom. The van der Waals surface area contributed by atoms with Crippen LogP contribution in [0.4, 0.5) is 11.4 Å². The van der Waals surface area contributed by atoms with Gasteiger partial charge in [-0.25, -0.2) is 4.98 Å². The van der Waals surface area contributed by atoms with E-state index in [2.05, 4.69) is 10.3 Å². The lowest BCUT2D eigenvalue weighted by atomic mass is 10.1. The maximum Gasteiger partial charge on any atom is 0.286 e. The van der Waals surface area contributed by atoms with E-state index in [1.807, 2.05) is 54.6 Å². The molecule has 4 aromatic rings. The Morgan fingerprint density at radius 2 is 1.68 bits per heavy atom. The van der Waals surface area contributed by atoms with Crippen molar-refractivity contribution in [2.45, 2.75) is 0 Å². The zero-order chi connectivity index (χ0) is 17.2. The van der Waals surface area contributed by atoms with Gasteiger partial charge >= 0.3 is 0 Å². The molecule has 0 spiro atoms. The van der Waals surface area contributed by atoms with E-state index in [1.165, 1.54) is 12.3 Å². The predicted molar refractivity (Wildman–Crippen MR) is 98.3 cm³/mol. The Kier molecular flexibility index (Phi) is 3.67. The number of nitrogens with one attached hydrogen (secondary N) is 1. The minimum absolute atomic E-state index is 0.219. The second kappa shape index (κ2) is 6.13. The van der Waals surface area contributed by atoms with Crippen molar-refractivity contribution in [3.05, 3.63) is 89.3 Å². The third-order valence-corrected chi connectivity index (χ3v) is 4.00. The maximum atomic E-state index is 12.0. The van der Waals surface area contributed by atoms with Crippen LogP contribution < -0.4 is 10.9 Å². The number of hydrogen-bond donors (Lipinski definition) is 2. The van der Waals surface area contributed by atoms with Gasteiger partial charge in [0.15, 0.2) is 5.65 Å². The second-order valence-electron chi connectivity index (χ2n) is 5.65. The molecule has 0 radical (unpaired) electrons. The molecule has 122 valence electrons. The quantitative estimate of drug-likeness (QED) is 0.557. The average Bonchev–Trinajstić information content (AvgIpc) is 2.67. The highest BCUT2D eigenvalue weighted by atomic mass is 16.5. The molecule has 0 unspecified atom stereocenters. The van der Waals surface area contributed by atoms with E-state index < -0.39 is 5.56 Å². The van der Waals surface area contributed by atoms with Crippen molar-refractivity contribution in [2.24, 2.45) is 0 Å². The molecule has 2 aromatic heterocycles. The van der Waals surface area contributed by atoms with Crippen LogP contribution in [0.2, 0.25) is 0 Å². The zero-order valence-electron chi connectivity index (χ0n) is 13.3. The summed E-state index contributed by atoms with van der Waals surface area (Å²) in [5, 5.41) is 13.8. The van der Waals surface area contributed by atoms with E-state index in [0.717, 1.165) is 16.8 Å². The van der Waals surface area contributed by atoms with Gasteiger partial charge in [0.05, 0.1) is 5.69 Å². The minimum Gasteiger partial charge on any atom is -0.423 e. The van der Waals surface area contributed by atoms with Crippen LogP contribution in [0.3, 0.4) is 0 Å². The molecule has 0 bridgehead atoms. The van der Waals surface area contributed by atoms with Gasteiger partial charge in [0.2, 0.25) is 0 Å². The lowest BCUT2D eigenvalue weighted by Gasteiger charge is -2.12. The van der Waals surface area contributed by atoms with Crippen molar-refractivity contribution < 1.29 is 5.21 Å². The van der Waals surface area contributed by atoms with E-state index >= 15 is 0 Å². The van der Waals surface area contributed by atoms with E-state index in [4.69, 9.17) is 0 Å². The van der Waals surface area contributed by atoms with Gasteiger partial charge < -0.3 is 10.5 Å². The summed E-state index contributed by atoms with van der Waals surface area (Å²) in [5.74, 6) is 0. The van der Waals surface area contributed by atoms with Gasteiger partial charge in [-0.3, -0.25) is 4.79 Å². The molecular formula is C20H15N3O2. The number of hydrogen-bond acceptors (Lipinski definition) is 4. The Labute approximate surface area is 143 Å². The lowest BCUT2D eigenvalue weighted by Crippen LogP contribution is -2.18. The molecule has 0 saturated heterocycles. The number of aromatic nitrogens is 2. The fraction of sp³-hybridized carbons (Fsp3) is 0. The Bertz CT molecular complexity index is 1100. The van der Waals surface area contributed by atoms with Crippen molar-refractivity contribution in [1.29, 1.82) is 0 Å². The van der Waals surface area contributed by atoms with Crippen LogP contribution in [0.5, 0.6) is 0 Å². The molecule has 0 saturated carbocycles. The molecular weight excluding hydrogens is 314 g/mol. The summed E-state index contributed by atoms with van der Waals surface area (Å²) in [6, 6.07) is 22.9. The monoisotopic (exact) mass is 329 g/mol. The smallest absolute Gasteiger partial charge is 0.286 e. The maximum absolute atomic E-state index is 12.0. The number of fused-ring (bicyclic) bond motifs is 1. The molecule has 5 nitrogen and oxygen atoms in total. The van der Waals surface area contributed by atoms with Gasteiger partial charge in [-0.1, -0.05) is 42.5 Å². The summed E-state index contributed by atoms with van der Waals surface area (Å²) in [7, 11) is 0. The van der Waals surface area contributed by atoms with E-state index in [1.54, 1.807) is 12.1 Å². The Morgan fingerprint density at radius 1 is 0.880 bits per heavy atom. The zero-order valence-corrected chi connectivity index (χ0v) is 13.3. The summed E-state index contributed by atoms with van der Waals surface area (Å²) in [6.45, 7) is 0. The van der Waals surface area contributed by atoms with Crippen LogP contribution >= 0.6 is 0 Å². The molecule has 2 N–H and O–H groups in total. The predicted octanol–water partition coefficient (Wildman–Crippen LogP) is 4.04. The lowest BCUT2D eigenvalue weighted by molar-refractivity contribution is 0.187. The van der Waals surface area contributed by atoms with Gasteiger partial charge in [0, 0.05) is 23.3 Å². The van der Waals surface area contributed by atoms with Crippen molar-refractivity contribution in [3.63, 3.8) is 0 Å². The van der Waals surface area contributed by atoms with Crippen molar-refractivity contribution in [2.75, 3.05) is 5.32 Å². The van der Waals surface area contributed by atoms with Crippen LogP contribution in [0.1, 0.15) is 0 Å². The summed E-state index contributed by atoms with van der Waals surface area (Å²) in [5.41, 5.74) is 3.32. The topological polar surface area (TPSA) is 67.2 Å². The molecule has 0 atom stereocenters. The molecule has 0 aliphatic carbocycles. The largest absolute Gasteiger partial charge is 0.423 e. The van der Waals surface area contributed by atoms with E-state index in [9.17, 15) is 10.0 Å². The van der Waals surface area contributed by atoms with Gasteiger partial charge in [-0.15, -0.1) is 4.73 Å². The highest BCUT2D eigenvalue weighted by Gasteiger charge is 2.09. The molecule has 0 aliphatic rings. The molecule has 0 fully saturated rings. The number of pyridine rings is 2. The van der Waals surface area contributed by atoms with Crippen molar-refractivity contribution in [1.82, 2.24) is 9.71 Å². The standard InChI is InChI=1S/C20H15N3O2/c24-19-13-18(17-10-5-11-21-20(17)23(19)25)22-16-9-4-8-15(12-16)14-6-2-1-3-7-14/h1-13,22,25H. The first-order valence-electron chi connectivity index (χ1n) is 7.85. The fourth-order valence-corrected chi connectivity index (χ4v) is 2.81. The molecule has 2 heterocycles. The first-order chi connectivity index (χ1) is 12.2. The highest BCUT2D eigenvalue weighted by molar-refractivity contribution is 5.91. The summed E-state index contributed by atoms with van der Waals surface area (Å²) in [4.78, 5) is 16.0. The molecule has 2 aromatic carbocycles. The second-order valence-corrected chi connectivity index (χ2v) is 5.65. The molecule has 0 aliphatic heterocycles. The minimum atomic E-state index is -0.534. The summed E-state index contributed by atoms with van der Waals surface area (Å²) < 4.78 is 0.556. The summed E-state index contributed by atoms with van der Waals surface area (Å²) in [6.07, 6.45) is 1.54. The molecule has 4 rings (SSSR count). The van der Waals surface area contributed by atoms with E-state index in [0.29, 0.717) is 15.8 Å². The Balaban J connectivity index is 1.78. The first kappa shape index (κ1) is 15.0. The van der Waals surface area contributed by atoms with Crippen LogP contribution in [0, 0.1) is 0 Å². The normalized spacial score (nSPS) is 10.7. The van der Waals surface area contributed by atoms with Crippen molar-refractivity contribution in [3.8, 4) is 11.1 Å². The number of nitrogens with zero attached hydrogens (tertiary/aromatic N) is 2. The molecule has 5 heteroatoms. The van der Waals surface area contributed by atoms with Crippen LogP contribution in [0.15, 0.2) is 83.8 Å². The molecule has 25 heavy (non-hydrogen) atoms. The SMILES string of the molecule is O=c1cc(Nc2cccc(-c3ccccc3)c2)c2cccnc2n1O. The highest BCUT2D eigenvalue weighted by Crippen LogP contribution is 2.27. The van der Waals surface area contributed by atoms with Gasteiger partial charge in [-0.2, -0.15) is 0 Å². The number of benzene rings is 2. The average molecular weight is 329 g/mol. The van der Waals surface area contributed by atoms with Gasteiger partial charge in [-0.05, 0) is 35.4 Å². The fourth-order valence-electron chi connectivity index (χ4n) is 2.81. The number of anilines is 2. The molecule has 0 amide bonds. The van der Waals surface area contributed by atoms with Crippen molar-refractivity contribution >= 4 is 22.4 Å². The van der Waals surface area contributed by atoms with Gasteiger partial charge in [0.25, 0.3) is 5.56 Å². The van der Waals surface area contributed by atoms with Crippen LogP contribution in [-0.4, -0.2) is 14.9 Å². The third-order valence-electron chi connectivity index (χ3n) is 4.00. The summed E-state index contributed by atoms with van der Waals surface area (Å²) >= 11 is 0. The third kappa shape index (κ3) is 2.83. The first-order valence-corrected chi connectivity index (χ1v) is 7.85. The number of rotatable bonds is 3. The Hall–Kier alpha value is -3.60. The van der Waals surface area contributed by atoms with Crippen LogP contribution in [-0.2, 0) is 0 Å². The van der Waals surface area contributed by atoms with Gasteiger partial charge in [0.1, 0.15) is 0 Å². The van der Waals surface area contributed by atoms with Crippen LogP contribution in [0.25, 0.3) is 22.2 Å².